The number of rotatable bonds is 10. The molecule has 3 rings (SSSR count). The van der Waals surface area contributed by atoms with Crippen LogP contribution in [0.4, 0.5) is 11.4 Å². The second-order valence-corrected chi connectivity index (χ2v) is 10.4. The van der Waals surface area contributed by atoms with E-state index in [1.165, 1.54) is 12.1 Å². The zero-order valence-corrected chi connectivity index (χ0v) is 21.6. The fourth-order valence-corrected chi connectivity index (χ4v) is 4.86. The number of amides is 1. The van der Waals surface area contributed by atoms with Crippen molar-refractivity contribution in [1.82, 2.24) is 0 Å². The molecule has 1 N–H and O–H groups in total. The van der Waals surface area contributed by atoms with E-state index < -0.39 is 22.5 Å². The lowest BCUT2D eigenvalue weighted by molar-refractivity contribution is -0.114. The third-order valence-electron chi connectivity index (χ3n) is 4.61. The fraction of sp³-hybridized carbons (Fsp3) is 0.240. The summed E-state index contributed by atoms with van der Waals surface area (Å²) >= 11 is 3.32. The Morgan fingerprint density at radius 2 is 1.68 bits per heavy atom. The minimum Gasteiger partial charge on any atom is -0.494 e. The van der Waals surface area contributed by atoms with Gasteiger partial charge in [-0.2, -0.15) is 0 Å². The van der Waals surface area contributed by atoms with E-state index >= 15 is 0 Å². The molecule has 0 aliphatic heterocycles. The van der Waals surface area contributed by atoms with Crippen molar-refractivity contribution in [2.24, 2.45) is 0 Å². The molecule has 180 valence electrons. The highest BCUT2D eigenvalue weighted by Crippen LogP contribution is 2.27. The zero-order valence-electron chi connectivity index (χ0n) is 19.2. The van der Waals surface area contributed by atoms with Crippen LogP contribution in [0.3, 0.4) is 0 Å². The van der Waals surface area contributed by atoms with Gasteiger partial charge in [0.1, 0.15) is 18.0 Å². The number of nitrogens with one attached hydrogen (secondary N) is 1. The summed E-state index contributed by atoms with van der Waals surface area (Å²) < 4.78 is 39.9. The van der Waals surface area contributed by atoms with Gasteiger partial charge in [-0.3, -0.25) is 9.10 Å². The number of hydrogen-bond donors (Lipinski definition) is 1. The van der Waals surface area contributed by atoms with Crippen LogP contribution in [0, 0.1) is 0 Å². The van der Waals surface area contributed by atoms with Gasteiger partial charge in [-0.15, -0.1) is 0 Å². The molecule has 0 aliphatic rings. The molecule has 0 saturated heterocycles. The maximum atomic E-state index is 13.5. The first-order valence-corrected chi connectivity index (χ1v) is 13.0. The van der Waals surface area contributed by atoms with Crippen LogP contribution in [-0.2, 0) is 14.8 Å². The number of nitrogens with zero attached hydrogens (tertiary/aromatic N) is 1. The molecular weight excluding hydrogens is 520 g/mol. The molecule has 7 nitrogen and oxygen atoms in total. The van der Waals surface area contributed by atoms with Crippen LogP contribution >= 0.6 is 15.9 Å². The van der Waals surface area contributed by atoms with E-state index in [2.05, 4.69) is 21.2 Å². The summed E-state index contributed by atoms with van der Waals surface area (Å²) in [7, 11) is -4.02. The predicted octanol–water partition coefficient (Wildman–Crippen LogP) is 5.47. The number of benzene rings is 3. The van der Waals surface area contributed by atoms with E-state index in [1.807, 2.05) is 20.8 Å². The smallest absolute Gasteiger partial charge is 0.264 e. The molecule has 0 bridgehead atoms. The van der Waals surface area contributed by atoms with Crippen molar-refractivity contribution >= 4 is 43.2 Å². The van der Waals surface area contributed by atoms with Gasteiger partial charge in [0.15, 0.2) is 0 Å². The highest BCUT2D eigenvalue weighted by molar-refractivity contribution is 9.10. The fourth-order valence-electron chi connectivity index (χ4n) is 3.17. The van der Waals surface area contributed by atoms with Gasteiger partial charge in [0.05, 0.1) is 23.3 Å². The quantitative estimate of drug-likeness (QED) is 0.364. The first-order valence-electron chi connectivity index (χ1n) is 10.8. The van der Waals surface area contributed by atoms with Gasteiger partial charge in [0.2, 0.25) is 5.91 Å². The highest BCUT2D eigenvalue weighted by Gasteiger charge is 2.27. The number of carbonyl (C=O) groups is 1. The second-order valence-electron chi connectivity index (χ2n) is 7.64. The number of ether oxygens (including phenoxy) is 2. The Labute approximate surface area is 208 Å². The van der Waals surface area contributed by atoms with Crippen molar-refractivity contribution in [3.05, 3.63) is 77.3 Å². The normalized spacial score (nSPS) is 11.2. The molecule has 3 aromatic rings. The van der Waals surface area contributed by atoms with Crippen molar-refractivity contribution in [3.8, 4) is 11.5 Å². The van der Waals surface area contributed by atoms with Crippen LogP contribution in [0.2, 0.25) is 0 Å². The lowest BCUT2D eigenvalue weighted by Crippen LogP contribution is -2.38. The molecule has 0 saturated carbocycles. The molecule has 0 spiro atoms. The number of anilines is 2. The Bertz CT molecular complexity index is 1210. The maximum Gasteiger partial charge on any atom is 0.264 e. The summed E-state index contributed by atoms with van der Waals surface area (Å²) in [6.45, 7) is 5.76. The molecule has 0 atom stereocenters. The van der Waals surface area contributed by atoms with Crippen LogP contribution in [0.15, 0.2) is 82.2 Å². The number of hydrogen-bond acceptors (Lipinski definition) is 5. The van der Waals surface area contributed by atoms with Crippen molar-refractivity contribution in [2.75, 3.05) is 22.8 Å². The number of sulfonamides is 1. The van der Waals surface area contributed by atoms with Crippen LogP contribution in [0.5, 0.6) is 11.5 Å². The number of halogens is 1. The molecule has 0 aliphatic carbocycles. The Hall–Kier alpha value is -3.04. The summed E-state index contributed by atoms with van der Waals surface area (Å²) in [6.07, 6.45) is -0.0165. The summed E-state index contributed by atoms with van der Waals surface area (Å²) in [4.78, 5) is 13.0. The topological polar surface area (TPSA) is 84.9 Å². The summed E-state index contributed by atoms with van der Waals surface area (Å²) in [5, 5.41) is 2.76. The van der Waals surface area contributed by atoms with Crippen LogP contribution in [0.25, 0.3) is 0 Å². The molecule has 0 fully saturated rings. The third-order valence-corrected chi connectivity index (χ3v) is 6.93. The van der Waals surface area contributed by atoms with Crippen LogP contribution in [0.1, 0.15) is 20.8 Å². The molecular formula is C25H27BrN2O5S. The van der Waals surface area contributed by atoms with Crippen molar-refractivity contribution < 1.29 is 22.7 Å². The molecule has 0 unspecified atom stereocenters. The van der Waals surface area contributed by atoms with Gasteiger partial charge in [0, 0.05) is 16.2 Å². The van der Waals surface area contributed by atoms with Gasteiger partial charge in [-0.1, -0.05) is 22.0 Å². The average Bonchev–Trinajstić information content (AvgIpc) is 2.78. The molecule has 0 aromatic heterocycles. The first-order chi connectivity index (χ1) is 16.2. The average molecular weight is 547 g/mol. The van der Waals surface area contributed by atoms with Crippen LogP contribution in [-0.4, -0.2) is 33.6 Å². The lowest BCUT2D eigenvalue weighted by atomic mass is 10.3. The lowest BCUT2D eigenvalue weighted by Gasteiger charge is -2.24. The standard InChI is InChI=1S/C25H27BrN2O5S/c1-4-32-22-12-10-21(11-13-22)28(34(30,31)24-14-8-19(26)9-15-24)17-25(29)27-20-6-5-7-23(16-20)33-18(2)3/h5-16,18H,4,17H2,1-3H3,(H,27,29). The Morgan fingerprint density at radius 1 is 1.00 bits per heavy atom. The molecule has 1 amide bonds. The van der Waals surface area contributed by atoms with E-state index in [0.717, 1.165) is 8.78 Å². The number of carbonyl (C=O) groups excluding carboxylic acids is 1. The monoisotopic (exact) mass is 546 g/mol. The van der Waals surface area contributed by atoms with E-state index in [4.69, 9.17) is 9.47 Å². The van der Waals surface area contributed by atoms with Gasteiger partial charge in [-0.05, 0) is 81.4 Å². The maximum absolute atomic E-state index is 13.5. The first kappa shape index (κ1) is 25.6. The summed E-state index contributed by atoms with van der Waals surface area (Å²) in [5.74, 6) is 0.730. The Morgan fingerprint density at radius 3 is 2.29 bits per heavy atom. The molecule has 0 radical (unpaired) electrons. The van der Waals surface area contributed by atoms with Gasteiger partial charge < -0.3 is 14.8 Å². The molecule has 0 heterocycles. The van der Waals surface area contributed by atoms with E-state index in [0.29, 0.717) is 29.5 Å². The van der Waals surface area contributed by atoms with Crippen molar-refractivity contribution in [2.45, 2.75) is 31.8 Å². The minimum atomic E-state index is -4.02. The van der Waals surface area contributed by atoms with Gasteiger partial charge in [-0.25, -0.2) is 8.42 Å². The van der Waals surface area contributed by atoms with E-state index in [-0.39, 0.29) is 11.0 Å². The minimum absolute atomic E-state index is 0.0165. The molecule has 9 heteroatoms. The third kappa shape index (κ3) is 6.74. The van der Waals surface area contributed by atoms with Crippen molar-refractivity contribution in [3.63, 3.8) is 0 Å². The summed E-state index contributed by atoms with van der Waals surface area (Å²) in [5.41, 5.74) is 0.856. The van der Waals surface area contributed by atoms with Crippen molar-refractivity contribution in [1.29, 1.82) is 0 Å². The predicted molar refractivity (Wildman–Crippen MR) is 137 cm³/mol. The van der Waals surface area contributed by atoms with Crippen LogP contribution < -0.4 is 19.1 Å². The molecule has 34 heavy (non-hydrogen) atoms. The Balaban J connectivity index is 1.89. The van der Waals surface area contributed by atoms with E-state index in [9.17, 15) is 13.2 Å². The second kappa shape index (κ2) is 11.4. The zero-order chi connectivity index (χ0) is 24.7. The highest BCUT2D eigenvalue weighted by atomic mass is 79.9. The molecule has 3 aromatic carbocycles. The van der Waals surface area contributed by atoms with Gasteiger partial charge in [0.25, 0.3) is 10.0 Å². The largest absolute Gasteiger partial charge is 0.494 e. The van der Waals surface area contributed by atoms with E-state index in [1.54, 1.807) is 60.7 Å². The summed E-state index contributed by atoms with van der Waals surface area (Å²) in [6, 6.07) is 19.8. The van der Waals surface area contributed by atoms with Gasteiger partial charge >= 0.3 is 0 Å². The SMILES string of the molecule is CCOc1ccc(N(CC(=O)Nc2cccc(OC(C)C)c2)S(=O)(=O)c2ccc(Br)cc2)cc1. The Kier molecular flexibility index (Phi) is 8.57.